The zero-order valence-corrected chi connectivity index (χ0v) is 11.6. The molecule has 0 aliphatic carbocycles. The predicted molar refractivity (Wildman–Crippen MR) is 79.7 cm³/mol. The van der Waals surface area contributed by atoms with E-state index < -0.39 is 34.4 Å². The molecule has 0 heterocycles. The number of aliphatic hydroxyl groups excluding tert-OH is 2. The standard InChI is InChI=1S/C11H12Cl2N2O5.Na.H/c12-10(13)11(18)14-8(5-16)9(17)6-1-3-7(4-2-6)15(19)20;;/h1-4,8-10,16-17H,5H2,(H,14,18);;. The molecule has 7 nitrogen and oxygen atoms in total. The number of carbonyl (C=O) groups is 1. The third kappa shape index (κ3) is 6.07. The number of carbonyl (C=O) groups excluding carboxylic acids is 1. The average molecular weight is 347 g/mol. The molecule has 0 radical (unpaired) electrons. The van der Waals surface area contributed by atoms with Crippen molar-refractivity contribution in [3.05, 3.63) is 39.9 Å². The first-order chi connectivity index (χ1) is 9.36. The number of rotatable bonds is 6. The van der Waals surface area contributed by atoms with Crippen molar-refractivity contribution in [1.82, 2.24) is 5.32 Å². The summed E-state index contributed by atoms with van der Waals surface area (Å²) >= 11 is 10.7. The Balaban J connectivity index is 0.00000400. The number of nitrogens with zero attached hydrogens (tertiary/aromatic N) is 1. The number of non-ortho nitro benzene ring substituents is 1. The van der Waals surface area contributed by atoms with Gasteiger partial charge in [-0.15, -0.1) is 0 Å². The van der Waals surface area contributed by atoms with Gasteiger partial charge in [0.2, 0.25) is 0 Å². The monoisotopic (exact) mass is 346 g/mol. The van der Waals surface area contributed by atoms with Crippen LogP contribution >= 0.6 is 23.2 Å². The van der Waals surface area contributed by atoms with E-state index >= 15 is 0 Å². The molecular formula is C11H13Cl2N2NaO5. The van der Waals surface area contributed by atoms with E-state index in [1.54, 1.807) is 0 Å². The van der Waals surface area contributed by atoms with E-state index in [9.17, 15) is 20.0 Å². The quantitative estimate of drug-likeness (QED) is 0.296. The third-order valence-electron chi connectivity index (χ3n) is 2.55. The summed E-state index contributed by atoms with van der Waals surface area (Å²) < 4.78 is 0. The van der Waals surface area contributed by atoms with Crippen LogP contribution in [-0.4, -0.2) is 68.1 Å². The first kappa shape index (κ1) is 20.6. The van der Waals surface area contributed by atoms with Crippen LogP contribution in [-0.2, 0) is 4.79 Å². The Labute approximate surface area is 152 Å². The number of nitrogens with one attached hydrogen (secondary N) is 1. The summed E-state index contributed by atoms with van der Waals surface area (Å²) in [5, 5.41) is 31.9. The number of hydrogen-bond donors (Lipinski definition) is 3. The van der Waals surface area contributed by atoms with E-state index in [-0.39, 0.29) is 35.2 Å². The summed E-state index contributed by atoms with van der Waals surface area (Å²) in [6.07, 6.45) is -1.25. The van der Waals surface area contributed by atoms with Gasteiger partial charge in [0.05, 0.1) is 17.6 Å². The molecule has 112 valence electrons. The molecule has 0 saturated carbocycles. The van der Waals surface area contributed by atoms with Gasteiger partial charge in [-0.1, -0.05) is 23.2 Å². The Bertz CT molecular complexity index is 486. The fraction of sp³-hybridized carbons (Fsp3) is 0.364. The van der Waals surface area contributed by atoms with Gasteiger partial charge in [-0.05, 0) is 17.7 Å². The Hall–Kier alpha value is -0.410. The molecule has 2 atom stereocenters. The summed E-state index contributed by atoms with van der Waals surface area (Å²) in [4.78, 5) is 19.9. The number of nitro benzene ring substituents is 1. The second-order valence-electron chi connectivity index (χ2n) is 3.89. The fourth-order valence-electron chi connectivity index (χ4n) is 1.50. The SMILES string of the molecule is O=C(NC(CO)C(O)c1ccc([N+](=O)[O-])cc1)C(Cl)Cl.[NaH]. The molecule has 0 bridgehead atoms. The Morgan fingerprint density at radius 2 is 1.86 bits per heavy atom. The van der Waals surface area contributed by atoms with Crippen LogP contribution in [0.5, 0.6) is 0 Å². The molecule has 1 aromatic carbocycles. The van der Waals surface area contributed by atoms with E-state index in [1.165, 1.54) is 24.3 Å². The molecule has 21 heavy (non-hydrogen) atoms. The van der Waals surface area contributed by atoms with Crippen LogP contribution in [0.3, 0.4) is 0 Å². The molecule has 0 spiro atoms. The van der Waals surface area contributed by atoms with Crippen molar-refractivity contribution >= 4 is 64.4 Å². The van der Waals surface area contributed by atoms with Crippen molar-refractivity contribution in [2.24, 2.45) is 0 Å². The van der Waals surface area contributed by atoms with E-state index in [4.69, 9.17) is 28.3 Å². The van der Waals surface area contributed by atoms with Crippen LogP contribution in [0, 0.1) is 10.1 Å². The molecule has 0 aliphatic heterocycles. The minimum absolute atomic E-state index is 0. The van der Waals surface area contributed by atoms with Gasteiger partial charge in [-0.3, -0.25) is 14.9 Å². The molecule has 10 heteroatoms. The summed E-state index contributed by atoms with van der Waals surface area (Å²) in [5.41, 5.74) is 0.169. The molecule has 0 aromatic heterocycles. The molecule has 1 rings (SSSR count). The zero-order valence-electron chi connectivity index (χ0n) is 10.1. The van der Waals surface area contributed by atoms with E-state index in [0.29, 0.717) is 5.56 Å². The van der Waals surface area contributed by atoms with Crippen LogP contribution in [0.1, 0.15) is 11.7 Å². The Morgan fingerprint density at radius 3 is 2.24 bits per heavy atom. The topological polar surface area (TPSA) is 113 Å². The van der Waals surface area contributed by atoms with E-state index in [1.807, 2.05) is 0 Å². The van der Waals surface area contributed by atoms with Crippen molar-refractivity contribution in [3.8, 4) is 0 Å². The number of alkyl halides is 2. The molecule has 0 aliphatic rings. The molecule has 2 unspecified atom stereocenters. The molecule has 1 aromatic rings. The first-order valence-corrected chi connectivity index (χ1v) is 6.36. The van der Waals surface area contributed by atoms with E-state index in [2.05, 4.69) is 5.32 Å². The minimum atomic E-state index is -1.33. The maximum atomic E-state index is 11.3. The second-order valence-corrected chi connectivity index (χ2v) is 4.99. The maximum absolute atomic E-state index is 11.3. The van der Waals surface area contributed by atoms with Crippen molar-refractivity contribution in [2.45, 2.75) is 17.0 Å². The summed E-state index contributed by atoms with van der Waals surface area (Å²) in [6, 6.07) is 4.05. The van der Waals surface area contributed by atoms with Gasteiger partial charge in [0.1, 0.15) is 6.10 Å². The molecular weight excluding hydrogens is 334 g/mol. The number of nitro groups is 1. The Kier molecular flexibility index (Phi) is 9.39. The number of aliphatic hydroxyl groups is 2. The van der Waals surface area contributed by atoms with Gasteiger partial charge < -0.3 is 15.5 Å². The van der Waals surface area contributed by atoms with Crippen LogP contribution in [0.25, 0.3) is 0 Å². The van der Waals surface area contributed by atoms with Crippen molar-refractivity contribution < 1.29 is 19.9 Å². The second kappa shape index (κ2) is 9.58. The van der Waals surface area contributed by atoms with Crippen LogP contribution in [0.2, 0.25) is 0 Å². The van der Waals surface area contributed by atoms with Crippen molar-refractivity contribution in [1.29, 1.82) is 0 Å². The fourth-order valence-corrected chi connectivity index (χ4v) is 1.62. The average Bonchev–Trinajstić information content (AvgIpc) is 2.43. The first-order valence-electron chi connectivity index (χ1n) is 5.48. The van der Waals surface area contributed by atoms with Gasteiger partial charge >= 0.3 is 29.6 Å². The van der Waals surface area contributed by atoms with Gasteiger partial charge in [0, 0.05) is 12.1 Å². The normalized spacial score (nSPS) is 13.2. The number of hydrogen-bond acceptors (Lipinski definition) is 5. The summed E-state index contributed by atoms with van der Waals surface area (Å²) in [7, 11) is 0. The van der Waals surface area contributed by atoms with Gasteiger partial charge in [-0.25, -0.2) is 0 Å². The zero-order chi connectivity index (χ0) is 15.3. The van der Waals surface area contributed by atoms with Crippen molar-refractivity contribution in [2.75, 3.05) is 6.61 Å². The van der Waals surface area contributed by atoms with Crippen LogP contribution in [0.4, 0.5) is 5.69 Å². The number of benzene rings is 1. The Morgan fingerprint density at radius 1 is 1.33 bits per heavy atom. The number of amides is 1. The van der Waals surface area contributed by atoms with Gasteiger partial charge in [-0.2, -0.15) is 0 Å². The molecule has 3 N–H and O–H groups in total. The van der Waals surface area contributed by atoms with Crippen LogP contribution in [0.15, 0.2) is 24.3 Å². The van der Waals surface area contributed by atoms with Gasteiger partial charge in [0.25, 0.3) is 11.6 Å². The predicted octanol–water partition coefficient (Wildman–Crippen LogP) is 0.261. The summed E-state index contributed by atoms with van der Waals surface area (Å²) in [5.74, 6) is -0.756. The van der Waals surface area contributed by atoms with Gasteiger partial charge in [0.15, 0.2) is 4.84 Å². The van der Waals surface area contributed by atoms with Crippen molar-refractivity contribution in [3.63, 3.8) is 0 Å². The molecule has 0 fully saturated rings. The summed E-state index contributed by atoms with van der Waals surface area (Å²) in [6.45, 7) is -0.551. The molecule has 0 saturated heterocycles. The molecule has 1 amide bonds. The number of halogens is 2. The third-order valence-corrected chi connectivity index (χ3v) is 2.95. The van der Waals surface area contributed by atoms with Crippen LogP contribution < -0.4 is 5.32 Å². The van der Waals surface area contributed by atoms with E-state index in [0.717, 1.165) is 0 Å².